The predicted molar refractivity (Wildman–Crippen MR) is 98.9 cm³/mol. The van der Waals surface area contributed by atoms with E-state index in [0.717, 1.165) is 23.7 Å². The van der Waals surface area contributed by atoms with Gasteiger partial charge >= 0.3 is 0 Å². The van der Waals surface area contributed by atoms with E-state index in [1.165, 1.54) is 6.07 Å². The summed E-state index contributed by atoms with van der Waals surface area (Å²) >= 11 is 0.727. The number of nitrogens with two attached hydrogens (primary N) is 2. The molecule has 1 heterocycles. The first-order valence-corrected chi connectivity index (χ1v) is 8.07. The van der Waals surface area contributed by atoms with Gasteiger partial charge in [0, 0.05) is 0 Å². The maximum absolute atomic E-state index is 11.3. The Balaban J connectivity index is 2.13. The Morgan fingerprint density at radius 3 is 2.76 bits per heavy atom. The van der Waals surface area contributed by atoms with E-state index in [-0.39, 0.29) is 22.8 Å². The number of hydrogen-bond donors (Lipinski definition) is 5. The van der Waals surface area contributed by atoms with Crippen LogP contribution >= 0.6 is 12.1 Å². The van der Waals surface area contributed by atoms with Crippen LogP contribution in [-0.4, -0.2) is 16.8 Å². The number of primary amides is 1. The average molecular weight is 361 g/mol. The van der Waals surface area contributed by atoms with E-state index in [1.807, 2.05) is 19.1 Å². The van der Waals surface area contributed by atoms with Crippen LogP contribution in [0.5, 0.6) is 5.75 Å². The van der Waals surface area contributed by atoms with Crippen molar-refractivity contribution in [2.45, 2.75) is 13.5 Å². The summed E-state index contributed by atoms with van der Waals surface area (Å²) in [5.74, 6) is 0.807. The summed E-state index contributed by atoms with van der Waals surface area (Å²) in [5.41, 5.74) is 5.90. The van der Waals surface area contributed by atoms with Crippen LogP contribution in [0.15, 0.2) is 51.4 Å². The van der Waals surface area contributed by atoms with E-state index >= 15 is 0 Å². The van der Waals surface area contributed by atoms with Crippen LogP contribution < -0.4 is 21.5 Å². The summed E-state index contributed by atoms with van der Waals surface area (Å²) in [5, 5.41) is 21.5. The molecular formula is C16H19N5O3S. The van der Waals surface area contributed by atoms with Crippen LogP contribution in [0.4, 0.5) is 5.69 Å². The molecule has 1 aromatic carbocycles. The molecule has 1 aromatic heterocycles. The number of nitrogens with zero attached hydrogens (tertiary/aromatic N) is 1. The van der Waals surface area contributed by atoms with Gasteiger partial charge in [-0.3, -0.25) is 9.93 Å². The molecule has 7 N–H and O–H groups in total. The minimum Gasteiger partial charge on any atom is -0.505 e. The van der Waals surface area contributed by atoms with Crippen LogP contribution in [0, 0.1) is 6.92 Å². The van der Waals surface area contributed by atoms with Gasteiger partial charge < -0.3 is 25.9 Å². The molecule has 25 heavy (non-hydrogen) atoms. The molecule has 132 valence electrons. The number of amides is 1. The highest BCUT2D eigenvalue weighted by atomic mass is 32.2. The zero-order valence-corrected chi connectivity index (χ0v) is 14.4. The molecular weight excluding hydrogens is 342 g/mol. The lowest BCUT2D eigenvalue weighted by molar-refractivity contribution is 0.0998. The third-order valence-electron chi connectivity index (χ3n) is 3.26. The monoisotopic (exact) mass is 361 g/mol. The van der Waals surface area contributed by atoms with Crippen molar-refractivity contribution in [2.24, 2.45) is 15.3 Å². The van der Waals surface area contributed by atoms with Crippen molar-refractivity contribution < 1.29 is 14.3 Å². The average Bonchev–Trinajstić information content (AvgIpc) is 2.99. The van der Waals surface area contributed by atoms with Crippen molar-refractivity contribution >= 4 is 29.6 Å². The van der Waals surface area contributed by atoms with Gasteiger partial charge in [-0.2, -0.15) is 4.40 Å². The smallest absolute Gasteiger partial charge is 0.252 e. The number of amidine groups is 1. The molecule has 0 radical (unpaired) electrons. The molecule has 1 amide bonds. The molecule has 9 heteroatoms. The van der Waals surface area contributed by atoms with Crippen molar-refractivity contribution in [2.75, 3.05) is 5.32 Å². The summed E-state index contributed by atoms with van der Waals surface area (Å²) in [6.45, 7) is 6.14. The van der Waals surface area contributed by atoms with Gasteiger partial charge in [0.2, 0.25) is 0 Å². The minimum absolute atomic E-state index is 0.00520. The second-order valence-electron chi connectivity index (χ2n) is 5.08. The SMILES string of the molecule is C=C(NCc1ccc(C)o1)/C(=N\SN)Nc1cccc(C(N)=O)c1O. The maximum Gasteiger partial charge on any atom is 0.252 e. The first-order valence-electron chi connectivity index (χ1n) is 7.23. The fourth-order valence-electron chi connectivity index (χ4n) is 2.03. The molecule has 0 aliphatic carbocycles. The second-order valence-corrected chi connectivity index (χ2v) is 5.47. The Hall–Kier alpha value is -2.91. The molecule has 0 atom stereocenters. The molecule has 0 unspecified atom stereocenters. The number of aryl methyl sites for hydroxylation is 1. The number of hydrogen-bond acceptors (Lipinski definition) is 7. The van der Waals surface area contributed by atoms with Crippen molar-refractivity contribution in [1.82, 2.24) is 5.32 Å². The molecule has 2 rings (SSSR count). The maximum atomic E-state index is 11.3. The lowest BCUT2D eigenvalue weighted by Gasteiger charge is -2.15. The molecule has 8 nitrogen and oxygen atoms in total. The number of carbonyl (C=O) groups excluding carboxylic acids is 1. The molecule has 0 saturated carbocycles. The highest BCUT2D eigenvalue weighted by Crippen LogP contribution is 2.27. The number of benzene rings is 1. The number of furan rings is 1. The summed E-state index contributed by atoms with van der Waals surface area (Å²) in [6, 6.07) is 8.28. The van der Waals surface area contributed by atoms with Gasteiger partial charge in [0.05, 0.1) is 35.6 Å². The second kappa shape index (κ2) is 8.27. The molecule has 0 spiro atoms. The van der Waals surface area contributed by atoms with E-state index < -0.39 is 5.91 Å². The van der Waals surface area contributed by atoms with Gasteiger partial charge in [-0.15, -0.1) is 0 Å². The predicted octanol–water partition coefficient (Wildman–Crippen LogP) is 2.03. The molecule has 0 saturated heterocycles. The van der Waals surface area contributed by atoms with E-state index in [9.17, 15) is 9.90 Å². The number of nitrogens with one attached hydrogen (secondary N) is 2. The van der Waals surface area contributed by atoms with Gasteiger partial charge in [-0.05, 0) is 31.2 Å². The number of para-hydroxylation sites is 1. The van der Waals surface area contributed by atoms with Crippen LogP contribution in [-0.2, 0) is 6.54 Å². The largest absolute Gasteiger partial charge is 0.505 e. The van der Waals surface area contributed by atoms with Crippen LogP contribution in [0.2, 0.25) is 0 Å². The minimum atomic E-state index is -0.738. The van der Waals surface area contributed by atoms with E-state index in [2.05, 4.69) is 21.6 Å². The number of anilines is 1. The standard InChI is InChI=1S/C16H19N5O3S/c1-9-6-7-11(24-9)8-19-10(2)16(21-25-18)20-13-5-3-4-12(14(13)22)15(17)23/h3-7,19,22H,2,8,18H2,1H3,(H2,17,23)(H,20,21). The number of phenols is 1. The van der Waals surface area contributed by atoms with Crippen molar-refractivity contribution in [3.8, 4) is 5.75 Å². The van der Waals surface area contributed by atoms with Gasteiger partial charge in [0.25, 0.3) is 5.91 Å². The van der Waals surface area contributed by atoms with E-state index in [4.69, 9.17) is 15.3 Å². The molecule has 0 fully saturated rings. The summed E-state index contributed by atoms with van der Waals surface area (Å²) in [7, 11) is 0. The van der Waals surface area contributed by atoms with Crippen molar-refractivity contribution in [1.29, 1.82) is 0 Å². The number of carbonyl (C=O) groups is 1. The lowest BCUT2D eigenvalue weighted by Crippen LogP contribution is -2.25. The zero-order valence-electron chi connectivity index (χ0n) is 13.6. The Morgan fingerprint density at radius 1 is 1.40 bits per heavy atom. The highest BCUT2D eigenvalue weighted by molar-refractivity contribution is 7.95. The Morgan fingerprint density at radius 2 is 2.16 bits per heavy atom. The van der Waals surface area contributed by atoms with E-state index in [0.29, 0.717) is 12.2 Å². The first-order chi connectivity index (χ1) is 11.9. The zero-order chi connectivity index (χ0) is 18.4. The Bertz CT molecular complexity index is 816. The fourth-order valence-corrected chi connectivity index (χ4v) is 2.30. The van der Waals surface area contributed by atoms with Crippen LogP contribution in [0.1, 0.15) is 21.9 Å². The van der Waals surface area contributed by atoms with Gasteiger partial charge in [0.15, 0.2) is 11.6 Å². The third kappa shape index (κ3) is 4.78. The van der Waals surface area contributed by atoms with Gasteiger partial charge in [-0.1, -0.05) is 12.6 Å². The Labute approximate surface area is 149 Å². The van der Waals surface area contributed by atoms with Gasteiger partial charge in [0.1, 0.15) is 11.5 Å². The van der Waals surface area contributed by atoms with Gasteiger partial charge in [-0.25, -0.2) is 0 Å². The molecule has 0 aliphatic rings. The number of aromatic hydroxyl groups is 1. The topological polar surface area (TPSA) is 139 Å². The molecule has 0 aliphatic heterocycles. The van der Waals surface area contributed by atoms with Crippen molar-refractivity contribution in [3.63, 3.8) is 0 Å². The number of rotatable bonds is 7. The van der Waals surface area contributed by atoms with Crippen LogP contribution in [0.3, 0.4) is 0 Å². The first kappa shape index (κ1) is 18.4. The Kier molecular flexibility index (Phi) is 6.09. The summed E-state index contributed by atoms with van der Waals surface area (Å²) in [6.07, 6.45) is 0. The summed E-state index contributed by atoms with van der Waals surface area (Å²) in [4.78, 5) is 11.3. The fraction of sp³-hybridized carbons (Fsp3) is 0.125. The van der Waals surface area contributed by atoms with Crippen molar-refractivity contribution in [3.05, 3.63) is 59.7 Å². The normalized spacial score (nSPS) is 11.2. The van der Waals surface area contributed by atoms with E-state index in [1.54, 1.807) is 12.1 Å². The molecule has 0 bridgehead atoms. The lowest BCUT2D eigenvalue weighted by atomic mass is 10.1. The third-order valence-corrected chi connectivity index (χ3v) is 3.54. The summed E-state index contributed by atoms with van der Waals surface area (Å²) < 4.78 is 9.50. The molecule has 2 aromatic rings. The van der Waals surface area contributed by atoms with Crippen LogP contribution in [0.25, 0.3) is 0 Å². The highest BCUT2D eigenvalue weighted by Gasteiger charge is 2.14. The quantitative estimate of drug-likeness (QED) is 0.220.